The Morgan fingerprint density at radius 3 is 2.42 bits per heavy atom. The number of halogens is 2. The van der Waals surface area contributed by atoms with E-state index < -0.39 is 27.8 Å². The van der Waals surface area contributed by atoms with Crippen LogP contribution in [-0.2, 0) is 14.8 Å². The lowest BCUT2D eigenvalue weighted by molar-refractivity contribution is 0.0933. The molecule has 166 valence electrons. The molecule has 1 heterocycles. The van der Waals surface area contributed by atoms with Crippen molar-refractivity contribution in [3.63, 3.8) is 0 Å². The minimum absolute atomic E-state index is 0.0633. The van der Waals surface area contributed by atoms with Crippen LogP contribution in [0.15, 0.2) is 47.4 Å². The first-order chi connectivity index (χ1) is 14.7. The van der Waals surface area contributed by atoms with Gasteiger partial charge in [-0.15, -0.1) is 0 Å². The van der Waals surface area contributed by atoms with Crippen LogP contribution in [0, 0.1) is 5.82 Å². The monoisotopic (exact) mass is 469 g/mol. The van der Waals surface area contributed by atoms with Crippen LogP contribution >= 0.6 is 11.6 Å². The first-order valence-corrected chi connectivity index (χ1v) is 11.3. The summed E-state index contributed by atoms with van der Waals surface area (Å²) in [6.45, 7) is 2.39. The molecule has 0 spiro atoms. The van der Waals surface area contributed by atoms with E-state index in [0.29, 0.717) is 0 Å². The number of hydrogen-bond acceptors (Lipinski definition) is 5. The summed E-state index contributed by atoms with van der Waals surface area (Å²) in [6, 6.07) is 9.56. The van der Waals surface area contributed by atoms with Gasteiger partial charge in [0.25, 0.3) is 5.91 Å². The fourth-order valence-electron chi connectivity index (χ4n) is 3.07. The summed E-state index contributed by atoms with van der Waals surface area (Å²) in [4.78, 5) is 25.3. The Labute approximate surface area is 184 Å². The number of anilines is 1. The minimum atomic E-state index is -3.97. The predicted molar refractivity (Wildman–Crippen MR) is 113 cm³/mol. The molecule has 0 saturated carbocycles. The van der Waals surface area contributed by atoms with Crippen LogP contribution < -0.4 is 5.32 Å². The zero-order valence-electron chi connectivity index (χ0n) is 16.7. The second kappa shape index (κ2) is 9.63. The number of amides is 2. The fraction of sp³-hybridized carbons (Fsp3) is 0.300. The van der Waals surface area contributed by atoms with E-state index in [1.165, 1.54) is 33.5 Å². The van der Waals surface area contributed by atoms with Gasteiger partial charge in [-0.3, -0.25) is 4.79 Å². The number of piperazine rings is 1. The third-order valence-corrected chi connectivity index (χ3v) is 6.93. The number of sulfonamides is 1. The van der Waals surface area contributed by atoms with Crippen LogP contribution in [-0.4, -0.2) is 62.4 Å². The zero-order valence-corrected chi connectivity index (χ0v) is 18.2. The number of carbonyl (C=O) groups excluding carboxylic acids is 2. The molecule has 1 saturated heterocycles. The molecule has 0 bridgehead atoms. The summed E-state index contributed by atoms with van der Waals surface area (Å²) in [5.74, 6) is -1.51. The van der Waals surface area contributed by atoms with Gasteiger partial charge in [-0.1, -0.05) is 23.7 Å². The molecule has 1 aliphatic heterocycles. The van der Waals surface area contributed by atoms with Crippen LogP contribution in [0.3, 0.4) is 0 Å². The summed E-state index contributed by atoms with van der Waals surface area (Å²) < 4.78 is 46.4. The maximum Gasteiger partial charge on any atom is 0.409 e. The highest BCUT2D eigenvalue weighted by Gasteiger charge is 2.31. The summed E-state index contributed by atoms with van der Waals surface area (Å²) in [6.07, 6.45) is -0.496. The second-order valence-electron chi connectivity index (χ2n) is 6.67. The number of nitrogens with one attached hydrogen (secondary N) is 1. The van der Waals surface area contributed by atoms with Gasteiger partial charge in [-0.05, 0) is 37.3 Å². The first kappa shape index (κ1) is 23.0. The van der Waals surface area contributed by atoms with E-state index in [9.17, 15) is 22.4 Å². The standard InChI is InChI=1S/C20H21ClFN3O5S/c1-2-30-20(27)24-9-11-25(12-10-24)31(28,29)14-7-8-18(17(22)13-14)23-19(26)15-5-3-4-6-16(15)21/h3-8,13H,2,9-12H2,1H3,(H,23,26). The molecule has 0 atom stereocenters. The number of hydrogen-bond donors (Lipinski definition) is 1. The Bertz CT molecular complexity index is 1090. The van der Waals surface area contributed by atoms with Crippen molar-refractivity contribution in [2.45, 2.75) is 11.8 Å². The van der Waals surface area contributed by atoms with Crippen LogP contribution in [0.5, 0.6) is 0 Å². The molecule has 2 amide bonds. The molecule has 1 N–H and O–H groups in total. The summed E-state index contributed by atoms with van der Waals surface area (Å²) >= 11 is 5.97. The van der Waals surface area contributed by atoms with Gasteiger partial charge in [0.05, 0.1) is 27.8 Å². The van der Waals surface area contributed by atoms with Crippen molar-refractivity contribution in [2.24, 2.45) is 0 Å². The SMILES string of the molecule is CCOC(=O)N1CCN(S(=O)(=O)c2ccc(NC(=O)c3ccccc3Cl)c(F)c2)CC1. The molecule has 1 aliphatic rings. The Hall–Kier alpha value is -2.69. The first-order valence-electron chi connectivity index (χ1n) is 9.51. The fourth-order valence-corrected chi connectivity index (χ4v) is 4.72. The van der Waals surface area contributed by atoms with Gasteiger partial charge in [0, 0.05) is 26.2 Å². The number of carbonyl (C=O) groups is 2. The van der Waals surface area contributed by atoms with E-state index >= 15 is 0 Å². The highest BCUT2D eigenvalue weighted by molar-refractivity contribution is 7.89. The molecule has 0 radical (unpaired) electrons. The quantitative estimate of drug-likeness (QED) is 0.725. The molecule has 2 aromatic carbocycles. The highest BCUT2D eigenvalue weighted by atomic mass is 35.5. The third kappa shape index (κ3) is 5.15. The Morgan fingerprint density at radius 2 is 1.81 bits per heavy atom. The average Bonchev–Trinajstić information content (AvgIpc) is 2.75. The topological polar surface area (TPSA) is 96.0 Å². The predicted octanol–water partition coefficient (Wildman–Crippen LogP) is 3.19. The second-order valence-corrected chi connectivity index (χ2v) is 9.01. The summed E-state index contributed by atoms with van der Waals surface area (Å²) in [7, 11) is -3.97. The van der Waals surface area contributed by atoms with Gasteiger partial charge >= 0.3 is 6.09 Å². The molecule has 8 nitrogen and oxygen atoms in total. The maximum absolute atomic E-state index is 14.6. The molecule has 3 rings (SSSR count). The van der Waals surface area contributed by atoms with E-state index in [2.05, 4.69) is 5.32 Å². The lowest BCUT2D eigenvalue weighted by Crippen LogP contribution is -2.50. The summed E-state index contributed by atoms with van der Waals surface area (Å²) in [5.41, 5.74) is -0.00395. The van der Waals surface area contributed by atoms with E-state index in [4.69, 9.17) is 16.3 Å². The normalized spacial score (nSPS) is 14.9. The Balaban J connectivity index is 1.71. The van der Waals surface area contributed by atoms with E-state index in [1.54, 1.807) is 19.1 Å². The van der Waals surface area contributed by atoms with Gasteiger partial charge in [0.2, 0.25) is 10.0 Å². The van der Waals surface area contributed by atoms with Crippen molar-refractivity contribution in [1.29, 1.82) is 0 Å². The van der Waals surface area contributed by atoms with Crippen molar-refractivity contribution >= 4 is 39.3 Å². The van der Waals surface area contributed by atoms with Gasteiger partial charge in [0.15, 0.2) is 0 Å². The summed E-state index contributed by atoms with van der Waals surface area (Å²) in [5, 5.41) is 2.60. The number of rotatable bonds is 5. The number of ether oxygens (including phenoxy) is 1. The van der Waals surface area contributed by atoms with Gasteiger partial charge in [-0.2, -0.15) is 4.31 Å². The molecule has 1 fully saturated rings. The molecular formula is C20H21ClFN3O5S. The van der Waals surface area contributed by atoms with Crippen molar-refractivity contribution in [1.82, 2.24) is 9.21 Å². The Morgan fingerprint density at radius 1 is 1.13 bits per heavy atom. The highest BCUT2D eigenvalue weighted by Crippen LogP contribution is 2.24. The van der Waals surface area contributed by atoms with E-state index in [-0.39, 0.29) is 54.0 Å². The van der Waals surface area contributed by atoms with Crippen molar-refractivity contribution in [3.8, 4) is 0 Å². The van der Waals surface area contributed by atoms with Crippen molar-refractivity contribution in [3.05, 3.63) is 58.9 Å². The third-order valence-electron chi connectivity index (χ3n) is 4.71. The minimum Gasteiger partial charge on any atom is -0.450 e. The molecule has 2 aromatic rings. The lowest BCUT2D eigenvalue weighted by atomic mass is 10.2. The number of benzene rings is 2. The van der Waals surface area contributed by atoms with Crippen molar-refractivity contribution in [2.75, 3.05) is 38.1 Å². The van der Waals surface area contributed by atoms with Crippen LogP contribution in [0.25, 0.3) is 0 Å². The van der Waals surface area contributed by atoms with Gasteiger partial charge in [-0.25, -0.2) is 17.6 Å². The molecular weight excluding hydrogens is 449 g/mol. The zero-order chi connectivity index (χ0) is 22.6. The maximum atomic E-state index is 14.6. The Kier molecular flexibility index (Phi) is 7.14. The average molecular weight is 470 g/mol. The lowest BCUT2D eigenvalue weighted by Gasteiger charge is -2.33. The van der Waals surface area contributed by atoms with Crippen molar-refractivity contribution < 1.29 is 27.1 Å². The molecule has 0 aromatic heterocycles. The molecule has 31 heavy (non-hydrogen) atoms. The van der Waals surface area contributed by atoms with Crippen LogP contribution in [0.1, 0.15) is 17.3 Å². The largest absolute Gasteiger partial charge is 0.450 e. The molecule has 0 aliphatic carbocycles. The van der Waals surface area contributed by atoms with Crippen LogP contribution in [0.4, 0.5) is 14.9 Å². The molecule has 11 heteroatoms. The smallest absolute Gasteiger partial charge is 0.409 e. The number of nitrogens with zero attached hydrogens (tertiary/aromatic N) is 2. The molecule has 0 unspecified atom stereocenters. The van der Waals surface area contributed by atoms with Crippen LogP contribution in [0.2, 0.25) is 5.02 Å². The van der Waals surface area contributed by atoms with E-state index in [0.717, 1.165) is 6.07 Å². The van der Waals surface area contributed by atoms with Gasteiger partial charge in [0.1, 0.15) is 5.82 Å². The van der Waals surface area contributed by atoms with E-state index in [1.807, 2.05) is 0 Å². The van der Waals surface area contributed by atoms with Gasteiger partial charge < -0.3 is 15.0 Å².